The Balaban J connectivity index is 2.43. The van der Waals surface area contributed by atoms with Gasteiger partial charge in [-0.2, -0.15) is 0 Å². The predicted molar refractivity (Wildman–Crippen MR) is 137 cm³/mol. The molecule has 9 heteroatoms. The number of phenolic OH excluding ortho intramolecular Hbond substituents is 1. The van der Waals surface area contributed by atoms with Gasteiger partial charge in [0.15, 0.2) is 0 Å². The van der Waals surface area contributed by atoms with Crippen LogP contribution in [0.4, 0.5) is 0 Å². The van der Waals surface area contributed by atoms with E-state index < -0.39 is 54.3 Å². The number of esters is 1. The summed E-state index contributed by atoms with van der Waals surface area (Å²) in [5.41, 5.74) is 1.67. The first kappa shape index (κ1) is 28.6. The number of hydrogen-bond donors (Lipinski definition) is 3. The summed E-state index contributed by atoms with van der Waals surface area (Å²) >= 11 is 0. The molecule has 1 fully saturated rings. The van der Waals surface area contributed by atoms with Crippen molar-refractivity contribution < 1.29 is 29.0 Å². The highest BCUT2D eigenvalue weighted by Crippen LogP contribution is 2.28. The third-order valence-corrected chi connectivity index (χ3v) is 6.33. The third-order valence-electron chi connectivity index (χ3n) is 6.33. The first-order valence-electron chi connectivity index (χ1n) is 12.0. The van der Waals surface area contributed by atoms with Crippen LogP contribution in [-0.4, -0.2) is 65.5 Å². The zero-order valence-corrected chi connectivity index (χ0v) is 21.8. The molecule has 196 valence electrons. The lowest BCUT2D eigenvalue weighted by Crippen LogP contribution is -2.55. The molecule has 0 aliphatic carbocycles. The molecule has 3 amide bonds. The van der Waals surface area contributed by atoms with E-state index >= 15 is 0 Å². The minimum absolute atomic E-state index is 0.0703. The highest BCUT2D eigenvalue weighted by atomic mass is 16.5. The van der Waals surface area contributed by atoms with Crippen LogP contribution in [0.1, 0.15) is 46.6 Å². The van der Waals surface area contributed by atoms with E-state index in [1.54, 1.807) is 65.0 Å². The fraction of sp³-hybridized carbons (Fsp3) is 0.481. The monoisotopic (exact) mass is 499 g/mol. The number of ether oxygens (including phenoxy) is 1. The van der Waals surface area contributed by atoms with Crippen molar-refractivity contribution in [3.05, 3.63) is 47.6 Å². The topological polar surface area (TPSA) is 125 Å². The van der Waals surface area contributed by atoms with Gasteiger partial charge >= 0.3 is 5.97 Å². The molecule has 4 atom stereocenters. The zero-order valence-electron chi connectivity index (χ0n) is 21.8. The molecule has 1 aromatic carbocycles. The Morgan fingerprint density at radius 2 is 1.83 bits per heavy atom. The molecule has 0 radical (unpaired) electrons. The van der Waals surface area contributed by atoms with Crippen molar-refractivity contribution in [2.45, 2.75) is 59.2 Å². The molecule has 1 aromatic rings. The number of amides is 3. The molecule has 36 heavy (non-hydrogen) atoms. The molecule has 2 rings (SSSR count). The Kier molecular flexibility index (Phi) is 9.84. The zero-order chi connectivity index (χ0) is 27.2. The number of para-hydroxylation sites is 1. The van der Waals surface area contributed by atoms with Crippen molar-refractivity contribution in [2.75, 3.05) is 13.6 Å². The van der Waals surface area contributed by atoms with E-state index in [0.717, 1.165) is 0 Å². The number of cyclic esters (lactones) is 1. The highest BCUT2D eigenvalue weighted by molar-refractivity contribution is 5.93. The fourth-order valence-electron chi connectivity index (χ4n) is 4.28. The maximum absolute atomic E-state index is 12.9. The third kappa shape index (κ3) is 7.19. The lowest BCUT2D eigenvalue weighted by atomic mass is 9.88. The van der Waals surface area contributed by atoms with Crippen LogP contribution < -0.4 is 10.6 Å². The van der Waals surface area contributed by atoms with Gasteiger partial charge in [0.05, 0.1) is 0 Å². The van der Waals surface area contributed by atoms with Crippen LogP contribution in [0, 0.1) is 11.8 Å². The normalized spacial score (nSPS) is 25.6. The van der Waals surface area contributed by atoms with Crippen molar-refractivity contribution in [3.63, 3.8) is 0 Å². The Hall–Kier alpha value is -3.62. The molecule has 1 heterocycles. The number of carbonyl (C=O) groups excluding carboxylic acids is 4. The molecule has 1 aliphatic heterocycles. The Morgan fingerprint density at radius 3 is 2.44 bits per heavy atom. The van der Waals surface area contributed by atoms with Crippen molar-refractivity contribution in [2.24, 2.45) is 11.8 Å². The minimum atomic E-state index is -0.860. The molecule has 0 bridgehead atoms. The van der Waals surface area contributed by atoms with Crippen molar-refractivity contribution in [1.82, 2.24) is 15.5 Å². The van der Waals surface area contributed by atoms with Gasteiger partial charge in [0.25, 0.3) is 0 Å². The molecular weight excluding hydrogens is 462 g/mol. The van der Waals surface area contributed by atoms with E-state index in [4.69, 9.17) is 4.74 Å². The average Bonchev–Trinajstić information content (AvgIpc) is 2.80. The largest absolute Gasteiger partial charge is 0.507 e. The SMILES string of the molecule is C=C1CC(=O)N[C@@H](C)C(=O)N(C)[C@@H](C(C)C)C(=O)NCC(=O)O[C@@H](/C(C)=C/c2ccccc2O)[C@@H]1C. The van der Waals surface area contributed by atoms with Gasteiger partial charge in [-0.1, -0.05) is 51.1 Å². The van der Waals surface area contributed by atoms with Gasteiger partial charge in [-0.05, 0) is 37.5 Å². The van der Waals surface area contributed by atoms with Crippen LogP contribution in [0.15, 0.2) is 42.0 Å². The van der Waals surface area contributed by atoms with E-state index in [2.05, 4.69) is 17.2 Å². The predicted octanol–water partition coefficient (Wildman–Crippen LogP) is 2.41. The number of likely N-dealkylation sites (N-methyl/N-ethyl adjacent to an activating group) is 1. The van der Waals surface area contributed by atoms with E-state index in [9.17, 15) is 24.3 Å². The van der Waals surface area contributed by atoms with Gasteiger partial charge < -0.3 is 25.4 Å². The smallest absolute Gasteiger partial charge is 0.326 e. The summed E-state index contributed by atoms with van der Waals surface area (Å²) in [7, 11) is 1.50. The summed E-state index contributed by atoms with van der Waals surface area (Å²) in [5, 5.41) is 15.4. The second-order valence-corrected chi connectivity index (χ2v) is 9.63. The van der Waals surface area contributed by atoms with Crippen LogP contribution in [0.5, 0.6) is 5.75 Å². The summed E-state index contributed by atoms with van der Waals surface area (Å²) in [6, 6.07) is 5.04. The van der Waals surface area contributed by atoms with Gasteiger partial charge in [0, 0.05) is 24.9 Å². The van der Waals surface area contributed by atoms with Crippen LogP contribution >= 0.6 is 0 Å². The number of carbonyl (C=O) groups is 4. The number of nitrogens with zero attached hydrogens (tertiary/aromatic N) is 1. The quantitative estimate of drug-likeness (QED) is 0.433. The minimum Gasteiger partial charge on any atom is -0.507 e. The van der Waals surface area contributed by atoms with E-state index in [1.807, 2.05) is 0 Å². The number of phenols is 1. The molecule has 9 nitrogen and oxygen atoms in total. The summed E-state index contributed by atoms with van der Waals surface area (Å²) in [4.78, 5) is 52.6. The van der Waals surface area contributed by atoms with Crippen molar-refractivity contribution in [3.8, 4) is 5.75 Å². The van der Waals surface area contributed by atoms with E-state index in [0.29, 0.717) is 16.7 Å². The maximum atomic E-state index is 12.9. The van der Waals surface area contributed by atoms with Crippen molar-refractivity contribution >= 4 is 29.8 Å². The van der Waals surface area contributed by atoms with Crippen LogP contribution in [-0.2, 0) is 23.9 Å². The van der Waals surface area contributed by atoms with Crippen LogP contribution in [0.25, 0.3) is 6.08 Å². The molecule has 1 aliphatic rings. The van der Waals surface area contributed by atoms with Gasteiger partial charge in [-0.15, -0.1) is 0 Å². The summed E-state index contributed by atoms with van der Waals surface area (Å²) in [6.45, 7) is 12.3. The first-order valence-corrected chi connectivity index (χ1v) is 12.0. The first-order chi connectivity index (χ1) is 16.8. The fourth-order valence-corrected chi connectivity index (χ4v) is 4.28. The van der Waals surface area contributed by atoms with Crippen LogP contribution in [0.3, 0.4) is 0 Å². The molecule has 0 unspecified atom stereocenters. The lowest BCUT2D eigenvalue weighted by Gasteiger charge is -2.32. The molecule has 0 saturated carbocycles. The molecule has 0 aromatic heterocycles. The molecule has 0 spiro atoms. The Bertz CT molecular complexity index is 1050. The number of aromatic hydroxyl groups is 1. The second kappa shape index (κ2) is 12.4. The lowest BCUT2D eigenvalue weighted by molar-refractivity contribution is -0.149. The van der Waals surface area contributed by atoms with Crippen molar-refractivity contribution in [1.29, 1.82) is 0 Å². The molecule has 3 N–H and O–H groups in total. The maximum Gasteiger partial charge on any atom is 0.326 e. The Labute approximate surface area is 212 Å². The Morgan fingerprint density at radius 1 is 1.19 bits per heavy atom. The second-order valence-electron chi connectivity index (χ2n) is 9.63. The standard InChI is InChI=1S/C27H37N3O6/c1-15(2)24-26(34)28-14-23(33)36-25(17(4)12-20-10-8-9-11-21(20)31)18(5)16(3)13-22(32)29-19(6)27(35)30(24)7/h8-12,15,18-19,24-25,31H,3,13-14H2,1-2,4-7H3,(H,28,34)(H,29,32)/b17-12+/t18-,19+,24+,25+/m1/s1. The number of nitrogens with one attached hydrogen (secondary N) is 2. The summed E-state index contributed by atoms with van der Waals surface area (Å²) in [6.07, 6.45) is 0.821. The van der Waals surface area contributed by atoms with Gasteiger partial charge in [0.1, 0.15) is 30.5 Å². The summed E-state index contributed by atoms with van der Waals surface area (Å²) < 4.78 is 5.75. The molecular formula is C27H37N3O6. The van der Waals surface area contributed by atoms with Gasteiger partial charge in [-0.3, -0.25) is 19.2 Å². The average molecular weight is 500 g/mol. The number of hydrogen-bond acceptors (Lipinski definition) is 6. The number of rotatable bonds is 3. The van der Waals surface area contributed by atoms with E-state index in [1.165, 1.54) is 11.9 Å². The van der Waals surface area contributed by atoms with Crippen LogP contribution in [0.2, 0.25) is 0 Å². The van der Waals surface area contributed by atoms with E-state index in [-0.39, 0.29) is 18.1 Å². The number of benzene rings is 1. The summed E-state index contributed by atoms with van der Waals surface area (Å²) in [5.74, 6) is -2.66. The molecule has 1 saturated heterocycles. The highest BCUT2D eigenvalue weighted by Gasteiger charge is 2.34. The van der Waals surface area contributed by atoms with Gasteiger partial charge in [-0.25, -0.2) is 0 Å². The van der Waals surface area contributed by atoms with Gasteiger partial charge in [0.2, 0.25) is 17.7 Å².